The number of phenols is 2. The van der Waals surface area contributed by atoms with Crippen molar-refractivity contribution in [3.63, 3.8) is 0 Å². The summed E-state index contributed by atoms with van der Waals surface area (Å²) in [6.07, 6.45) is 0.446. The van der Waals surface area contributed by atoms with Gasteiger partial charge >= 0.3 is 0 Å². The van der Waals surface area contributed by atoms with Gasteiger partial charge in [0, 0.05) is 10.1 Å². The third-order valence-electron chi connectivity index (χ3n) is 1.87. The van der Waals surface area contributed by atoms with Crippen molar-refractivity contribution in [3.05, 3.63) is 23.1 Å². The molecule has 66 valence electrons. The second-order valence-electron chi connectivity index (χ2n) is 2.61. The quantitative estimate of drug-likeness (QED) is 0.683. The molecule has 0 spiro atoms. The number of fused-ring (bicyclic) bond motifs is 1. The van der Waals surface area contributed by atoms with Crippen LogP contribution in [0.3, 0.4) is 0 Å². The van der Waals surface area contributed by atoms with Crippen LogP contribution in [0.4, 0.5) is 0 Å². The van der Waals surface area contributed by atoms with E-state index in [1.54, 1.807) is 11.4 Å². The second kappa shape index (κ2) is 2.74. The Hall–Kier alpha value is -1.55. The Kier molecular flexibility index (Phi) is 1.70. The van der Waals surface area contributed by atoms with Gasteiger partial charge in [0.25, 0.3) is 0 Å². The normalized spacial score (nSPS) is 10.5. The number of hydrogen-bond donors (Lipinski definition) is 2. The molecule has 0 radical (unpaired) electrons. The molecule has 0 unspecified atom stereocenters. The number of aromatic hydroxyl groups is 2. The van der Waals surface area contributed by atoms with Gasteiger partial charge in [-0.2, -0.15) is 0 Å². The average molecular weight is 194 g/mol. The van der Waals surface area contributed by atoms with E-state index in [0.29, 0.717) is 11.7 Å². The highest BCUT2D eigenvalue weighted by Gasteiger charge is 2.11. The van der Waals surface area contributed by atoms with Gasteiger partial charge in [-0.3, -0.25) is 4.79 Å². The SMILES string of the molecule is O=Cc1c(O)cc2sccc2c1O. The van der Waals surface area contributed by atoms with Crippen molar-refractivity contribution in [1.29, 1.82) is 0 Å². The summed E-state index contributed by atoms with van der Waals surface area (Å²) >= 11 is 1.40. The molecule has 0 aliphatic heterocycles. The van der Waals surface area contributed by atoms with E-state index in [0.717, 1.165) is 4.70 Å². The first-order valence-electron chi connectivity index (χ1n) is 3.61. The molecule has 0 bridgehead atoms. The monoisotopic (exact) mass is 194 g/mol. The Labute approximate surface area is 77.9 Å². The van der Waals surface area contributed by atoms with Gasteiger partial charge in [0.1, 0.15) is 11.5 Å². The predicted octanol–water partition coefficient (Wildman–Crippen LogP) is 2.12. The van der Waals surface area contributed by atoms with Crippen molar-refractivity contribution in [2.24, 2.45) is 0 Å². The van der Waals surface area contributed by atoms with E-state index in [1.807, 2.05) is 0 Å². The average Bonchev–Trinajstić information content (AvgIpc) is 2.53. The summed E-state index contributed by atoms with van der Waals surface area (Å²) in [5.74, 6) is -0.325. The summed E-state index contributed by atoms with van der Waals surface area (Å²) in [6, 6.07) is 3.19. The first-order chi connectivity index (χ1) is 6.24. The molecule has 13 heavy (non-hydrogen) atoms. The Morgan fingerprint density at radius 1 is 1.38 bits per heavy atom. The van der Waals surface area contributed by atoms with Crippen LogP contribution in [0.15, 0.2) is 17.5 Å². The first-order valence-corrected chi connectivity index (χ1v) is 4.49. The summed E-state index contributed by atoms with van der Waals surface area (Å²) in [5.41, 5.74) is -0.0501. The summed E-state index contributed by atoms with van der Waals surface area (Å²) in [5, 5.41) is 21.2. The third-order valence-corrected chi connectivity index (χ3v) is 2.73. The first kappa shape index (κ1) is 8.07. The van der Waals surface area contributed by atoms with Crippen LogP contribution in [0.25, 0.3) is 10.1 Å². The minimum Gasteiger partial charge on any atom is -0.507 e. The maximum Gasteiger partial charge on any atom is 0.157 e. The maximum atomic E-state index is 10.5. The third kappa shape index (κ3) is 1.07. The lowest BCUT2D eigenvalue weighted by atomic mass is 10.1. The molecule has 2 rings (SSSR count). The minimum atomic E-state index is -0.178. The molecule has 0 fully saturated rings. The minimum absolute atomic E-state index is 0.0501. The fraction of sp³-hybridized carbons (Fsp3) is 0. The van der Waals surface area contributed by atoms with Crippen LogP contribution in [0.5, 0.6) is 11.5 Å². The highest BCUT2D eigenvalue weighted by atomic mass is 32.1. The van der Waals surface area contributed by atoms with Crippen molar-refractivity contribution in [1.82, 2.24) is 0 Å². The zero-order valence-corrected chi connectivity index (χ0v) is 7.34. The molecule has 0 saturated heterocycles. The molecule has 0 saturated carbocycles. The summed E-state index contributed by atoms with van der Waals surface area (Å²) in [4.78, 5) is 10.5. The molecule has 0 amide bonds. The van der Waals surface area contributed by atoms with Gasteiger partial charge in [0.05, 0.1) is 5.56 Å². The second-order valence-corrected chi connectivity index (χ2v) is 3.56. The van der Waals surface area contributed by atoms with Crippen molar-refractivity contribution in [2.75, 3.05) is 0 Å². The van der Waals surface area contributed by atoms with Crippen LogP contribution in [0.1, 0.15) is 10.4 Å². The van der Waals surface area contributed by atoms with E-state index < -0.39 is 0 Å². The van der Waals surface area contributed by atoms with E-state index in [-0.39, 0.29) is 17.1 Å². The van der Waals surface area contributed by atoms with Gasteiger partial charge in [-0.05, 0) is 17.5 Å². The number of carbonyl (C=O) groups is 1. The lowest BCUT2D eigenvalue weighted by Gasteiger charge is -2.01. The Bertz CT molecular complexity index is 473. The van der Waals surface area contributed by atoms with Gasteiger partial charge < -0.3 is 10.2 Å². The Morgan fingerprint density at radius 2 is 2.15 bits per heavy atom. The molecule has 1 aromatic carbocycles. The smallest absolute Gasteiger partial charge is 0.157 e. The summed E-state index contributed by atoms with van der Waals surface area (Å²) in [6.45, 7) is 0. The molecule has 4 heteroatoms. The molecule has 1 heterocycles. The zero-order valence-electron chi connectivity index (χ0n) is 6.52. The van der Waals surface area contributed by atoms with Gasteiger partial charge in [-0.15, -0.1) is 11.3 Å². The van der Waals surface area contributed by atoms with E-state index in [2.05, 4.69) is 0 Å². The van der Waals surface area contributed by atoms with Crippen molar-refractivity contribution in [3.8, 4) is 11.5 Å². The van der Waals surface area contributed by atoms with E-state index in [4.69, 9.17) is 0 Å². The molecule has 0 aliphatic rings. The molecular formula is C9H6O3S. The fourth-order valence-corrected chi connectivity index (χ4v) is 2.03. The van der Waals surface area contributed by atoms with Crippen LogP contribution in [0, 0.1) is 0 Å². The van der Waals surface area contributed by atoms with Crippen molar-refractivity contribution < 1.29 is 15.0 Å². The molecule has 2 aromatic rings. The lowest BCUT2D eigenvalue weighted by molar-refractivity contribution is 0.111. The molecule has 0 atom stereocenters. The molecule has 2 N–H and O–H groups in total. The summed E-state index contributed by atoms with van der Waals surface area (Å²) < 4.78 is 0.764. The molecule has 0 aliphatic carbocycles. The van der Waals surface area contributed by atoms with E-state index >= 15 is 0 Å². The standard InChI is InChI=1S/C9H6O3S/c10-4-6-7(11)3-8-5(9(6)12)1-2-13-8/h1-4,11-12H. The lowest BCUT2D eigenvalue weighted by Crippen LogP contribution is -1.82. The zero-order chi connectivity index (χ0) is 9.42. The number of phenolic OH excluding ortho intramolecular Hbond substituents is 2. The Morgan fingerprint density at radius 3 is 2.85 bits per heavy atom. The summed E-state index contributed by atoms with van der Waals surface area (Å²) in [7, 11) is 0. The number of aldehydes is 1. The van der Waals surface area contributed by atoms with Crippen molar-refractivity contribution in [2.45, 2.75) is 0 Å². The van der Waals surface area contributed by atoms with Gasteiger partial charge in [0.2, 0.25) is 0 Å². The van der Waals surface area contributed by atoms with Crippen LogP contribution in [0.2, 0.25) is 0 Å². The van der Waals surface area contributed by atoms with Gasteiger partial charge in [0.15, 0.2) is 6.29 Å². The highest BCUT2D eigenvalue weighted by Crippen LogP contribution is 2.36. The van der Waals surface area contributed by atoms with Crippen LogP contribution < -0.4 is 0 Å². The fourth-order valence-electron chi connectivity index (χ4n) is 1.21. The number of benzene rings is 1. The highest BCUT2D eigenvalue weighted by molar-refractivity contribution is 7.17. The number of rotatable bonds is 1. The van der Waals surface area contributed by atoms with Crippen LogP contribution >= 0.6 is 11.3 Å². The number of thiophene rings is 1. The molecular weight excluding hydrogens is 188 g/mol. The number of carbonyl (C=O) groups excluding carboxylic acids is 1. The van der Waals surface area contributed by atoms with E-state index in [9.17, 15) is 15.0 Å². The van der Waals surface area contributed by atoms with Crippen molar-refractivity contribution >= 4 is 27.7 Å². The molecule has 1 aromatic heterocycles. The van der Waals surface area contributed by atoms with Crippen LogP contribution in [-0.4, -0.2) is 16.5 Å². The Balaban J connectivity index is 2.92. The predicted molar refractivity (Wildman–Crippen MR) is 50.5 cm³/mol. The van der Waals surface area contributed by atoms with Gasteiger partial charge in [-0.1, -0.05) is 0 Å². The maximum absolute atomic E-state index is 10.5. The van der Waals surface area contributed by atoms with E-state index in [1.165, 1.54) is 17.4 Å². The molecule has 3 nitrogen and oxygen atoms in total. The number of hydrogen-bond acceptors (Lipinski definition) is 4. The van der Waals surface area contributed by atoms with Gasteiger partial charge in [-0.25, -0.2) is 0 Å². The topological polar surface area (TPSA) is 57.5 Å². The largest absolute Gasteiger partial charge is 0.507 e. The van der Waals surface area contributed by atoms with Crippen LogP contribution in [-0.2, 0) is 0 Å².